The Morgan fingerprint density at radius 3 is 2.71 bits per heavy atom. The predicted octanol–water partition coefficient (Wildman–Crippen LogP) is 3.34. The molecule has 1 aromatic carbocycles. The summed E-state index contributed by atoms with van der Waals surface area (Å²) in [6.07, 6.45) is 1.54. The maximum Gasteiger partial charge on any atom is 0.255 e. The minimum absolute atomic E-state index is 0.166. The molecule has 0 saturated heterocycles. The molecule has 0 aliphatic rings. The van der Waals surface area contributed by atoms with Gasteiger partial charge in [0.05, 0.1) is 41.3 Å². The molecule has 3 rings (SSSR count). The molecule has 0 aliphatic heterocycles. The summed E-state index contributed by atoms with van der Waals surface area (Å²) < 4.78 is 5.16. The first-order chi connectivity index (χ1) is 11.6. The van der Waals surface area contributed by atoms with Gasteiger partial charge in [-0.1, -0.05) is 0 Å². The Morgan fingerprint density at radius 1 is 1.33 bits per heavy atom. The van der Waals surface area contributed by atoms with E-state index in [1.165, 1.54) is 6.20 Å². The van der Waals surface area contributed by atoms with Gasteiger partial charge in [0.15, 0.2) is 0 Å². The first-order valence-corrected chi connectivity index (χ1v) is 8.37. The van der Waals surface area contributed by atoms with Gasteiger partial charge >= 0.3 is 0 Å². The van der Waals surface area contributed by atoms with Crippen LogP contribution in [0.4, 0.5) is 0 Å². The number of ether oxygens (including phenoxy) is 1. The Kier molecular flexibility index (Phi) is 4.61. The lowest BCUT2D eigenvalue weighted by Crippen LogP contribution is -2.27. The maximum atomic E-state index is 12.6. The van der Waals surface area contributed by atoms with Crippen molar-refractivity contribution < 1.29 is 9.53 Å². The molecule has 6 nitrogen and oxygen atoms in total. The van der Waals surface area contributed by atoms with Gasteiger partial charge in [-0.15, -0.1) is 11.3 Å². The van der Waals surface area contributed by atoms with Crippen LogP contribution in [0.3, 0.4) is 0 Å². The Labute approximate surface area is 143 Å². The Hall–Kier alpha value is -2.67. The van der Waals surface area contributed by atoms with Gasteiger partial charge < -0.3 is 10.1 Å². The molecule has 0 aliphatic carbocycles. The van der Waals surface area contributed by atoms with E-state index in [0.29, 0.717) is 11.3 Å². The van der Waals surface area contributed by atoms with E-state index in [9.17, 15) is 4.79 Å². The number of amides is 1. The average Bonchev–Trinajstić information content (AvgIpc) is 3.24. The van der Waals surface area contributed by atoms with Crippen molar-refractivity contribution in [2.45, 2.75) is 19.9 Å². The van der Waals surface area contributed by atoms with E-state index in [1.54, 1.807) is 18.4 Å². The van der Waals surface area contributed by atoms with Gasteiger partial charge in [-0.2, -0.15) is 5.10 Å². The fourth-order valence-electron chi connectivity index (χ4n) is 2.36. The molecular formula is C17H18N4O2S. The van der Waals surface area contributed by atoms with Gasteiger partial charge in [0.2, 0.25) is 0 Å². The third kappa shape index (κ3) is 3.30. The largest absolute Gasteiger partial charge is 0.497 e. The van der Waals surface area contributed by atoms with Crippen LogP contribution in [0.25, 0.3) is 11.3 Å². The minimum atomic E-state index is -0.187. The number of aryl methyl sites for hydroxylation is 1. The number of methoxy groups -OCH3 is 1. The van der Waals surface area contributed by atoms with Crippen molar-refractivity contribution in [3.05, 3.63) is 52.1 Å². The van der Waals surface area contributed by atoms with Crippen LogP contribution in [0, 0.1) is 6.92 Å². The molecule has 124 valence electrons. The fraction of sp³-hybridized carbons (Fsp3) is 0.235. The molecule has 2 aromatic heterocycles. The van der Waals surface area contributed by atoms with Crippen LogP contribution in [0.1, 0.15) is 34.0 Å². The number of benzene rings is 1. The molecule has 0 spiro atoms. The second-order valence-electron chi connectivity index (χ2n) is 5.37. The van der Waals surface area contributed by atoms with E-state index in [1.807, 2.05) is 43.5 Å². The quantitative estimate of drug-likeness (QED) is 0.745. The molecule has 1 unspecified atom stereocenters. The number of rotatable bonds is 5. The molecule has 1 amide bonds. The zero-order chi connectivity index (χ0) is 17.1. The number of aromatic nitrogens is 3. The zero-order valence-electron chi connectivity index (χ0n) is 13.7. The van der Waals surface area contributed by atoms with Crippen molar-refractivity contribution in [1.29, 1.82) is 0 Å². The summed E-state index contributed by atoms with van der Waals surface area (Å²) in [7, 11) is 1.62. The molecule has 24 heavy (non-hydrogen) atoms. The van der Waals surface area contributed by atoms with E-state index >= 15 is 0 Å². The summed E-state index contributed by atoms with van der Waals surface area (Å²) >= 11 is 1.57. The predicted molar refractivity (Wildman–Crippen MR) is 93.3 cm³/mol. The van der Waals surface area contributed by atoms with E-state index in [2.05, 4.69) is 20.5 Å². The number of nitrogens with zero attached hydrogens (tertiary/aromatic N) is 2. The summed E-state index contributed by atoms with van der Waals surface area (Å²) in [6, 6.07) is 7.30. The van der Waals surface area contributed by atoms with Crippen molar-refractivity contribution in [3.8, 4) is 17.0 Å². The van der Waals surface area contributed by atoms with Crippen LogP contribution in [0.15, 0.2) is 35.8 Å². The number of hydrogen-bond donors (Lipinski definition) is 2. The monoisotopic (exact) mass is 342 g/mol. The van der Waals surface area contributed by atoms with Crippen LogP contribution in [-0.4, -0.2) is 28.2 Å². The summed E-state index contributed by atoms with van der Waals surface area (Å²) in [4.78, 5) is 17.0. The average molecular weight is 342 g/mol. The van der Waals surface area contributed by atoms with Crippen molar-refractivity contribution >= 4 is 17.2 Å². The number of aromatic amines is 1. The molecule has 0 fully saturated rings. The topological polar surface area (TPSA) is 79.9 Å². The molecule has 0 bridgehead atoms. The lowest BCUT2D eigenvalue weighted by Gasteiger charge is -2.12. The summed E-state index contributed by atoms with van der Waals surface area (Å²) in [5.41, 5.74) is 2.91. The molecular weight excluding hydrogens is 324 g/mol. The van der Waals surface area contributed by atoms with E-state index in [-0.39, 0.29) is 11.9 Å². The van der Waals surface area contributed by atoms with Gasteiger partial charge in [-0.05, 0) is 38.1 Å². The molecule has 3 aromatic rings. The second-order valence-corrected chi connectivity index (χ2v) is 6.44. The highest BCUT2D eigenvalue weighted by Crippen LogP contribution is 2.24. The first kappa shape index (κ1) is 16.2. The van der Waals surface area contributed by atoms with Gasteiger partial charge in [0, 0.05) is 10.9 Å². The summed E-state index contributed by atoms with van der Waals surface area (Å²) in [5.74, 6) is 0.574. The van der Waals surface area contributed by atoms with Crippen molar-refractivity contribution in [2.75, 3.05) is 7.11 Å². The van der Waals surface area contributed by atoms with E-state index in [4.69, 9.17) is 4.74 Å². The van der Waals surface area contributed by atoms with Crippen LogP contribution in [-0.2, 0) is 0 Å². The zero-order valence-corrected chi connectivity index (χ0v) is 14.5. The maximum absolute atomic E-state index is 12.6. The molecule has 0 radical (unpaired) electrons. The number of H-pyrrole nitrogens is 1. The smallest absolute Gasteiger partial charge is 0.255 e. The van der Waals surface area contributed by atoms with Crippen LogP contribution < -0.4 is 10.1 Å². The normalized spacial score (nSPS) is 12.0. The molecule has 2 heterocycles. The fourth-order valence-corrected chi connectivity index (χ4v) is 3.07. The number of carbonyl (C=O) groups excluding carboxylic acids is 1. The van der Waals surface area contributed by atoms with Crippen molar-refractivity contribution in [1.82, 2.24) is 20.5 Å². The number of hydrogen-bond acceptors (Lipinski definition) is 5. The lowest BCUT2D eigenvalue weighted by atomic mass is 10.1. The molecule has 0 saturated carbocycles. The summed E-state index contributed by atoms with van der Waals surface area (Å²) in [5, 5.41) is 12.8. The lowest BCUT2D eigenvalue weighted by molar-refractivity contribution is 0.0940. The molecule has 2 N–H and O–H groups in total. The highest BCUT2D eigenvalue weighted by atomic mass is 32.1. The van der Waals surface area contributed by atoms with Gasteiger partial charge in [-0.25, -0.2) is 4.98 Å². The minimum Gasteiger partial charge on any atom is -0.497 e. The Bertz CT molecular complexity index is 838. The second kappa shape index (κ2) is 6.84. The van der Waals surface area contributed by atoms with E-state index in [0.717, 1.165) is 22.0 Å². The number of carbonyl (C=O) groups is 1. The van der Waals surface area contributed by atoms with Crippen LogP contribution >= 0.6 is 11.3 Å². The third-order valence-corrected chi connectivity index (χ3v) is 4.48. The van der Waals surface area contributed by atoms with E-state index < -0.39 is 0 Å². The highest BCUT2D eigenvalue weighted by molar-refractivity contribution is 7.09. The Morgan fingerprint density at radius 2 is 2.08 bits per heavy atom. The molecule has 7 heteroatoms. The van der Waals surface area contributed by atoms with Crippen LogP contribution in [0.2, 0.25) is 0 Å². The van der Waals surface area contributed by atoms with Gasteiger partial charge in [-0.3, -0.25) is 9.89 Å². The van der Waals surface area contributed by atoms with Crippen molar-refractivity contribution in [3.63, 3.8) is 0 Å². The Balaban J connectivity index is 1.79. The number of nitrogens with one attached hydrogen (secondary N) is 2. The standard InChI is InChI=1S/C17H18N4O2S/c1-10(15-9-24-11(2)20-15)19-17(22)14-8-18-21-16(14)12-4-6-13(23-3)7-5-12/h4-10H,1-3H3,(H,18,21)(H,19,22). The third-order valence-electron chi connectivity index (χ3n) is 3.69. The van der Waals surface area contributed by atoms with Gasteiger partial charge in [0.1, 0.15) is 5.75 Å². The highest BCUT2D eigenvalue weighted by Gasteiger charge is 2.18. The van der Waals surface area contributed by atoms with Gasteiger partial charge in [0.25, 0.3) is 5.91 Å². The summed E-state index contributed by atoms with van der Waals surface area (Å²) in [6.45, 7) is 3.86. The SMILES string of the molecule is COc1ccc(-c2[nH]ncc2C(=O)NC(C)c2csc(C)n2)cc1. The van der Waals surface area contributed by atoms with Crippen molar-refractivity contribution in [2.24, 2.45) is 0 Å². The first-order valence-electron chi connectivity index (χ1n) is 7.49. The van der Waals surface area contributed by atoms with Crippen LogP contribution in [0.5, 0.6) is 5.75 Å². The number of thiazole rings is 1. The molecule has 1 atom stereocenters.